The van der Waals surface area contributed by atoms with Crippen LogP contribution in [0.15, 0.2) is 0 Å². The summed E-state index contributed by atoms with van der Waals surface area (Å²) in [5.74, 6) is 0.895. The number of nitrogens with one attached hydrogen (secondary N) is 2. The Kier molecular flexibility index (Phi) is 6.55. The lowest BCUT2D eigenvalue weighted by atomic mass is 9.94. The molecule has 18 heavy (non-hydrogen) atoms. The van der Waals surface area contributed by atoms with E-state index in [1.807, 2.05) is 0 Å². The van der Waals surface area contributed by atoms with Gasteiger partial charge in [-0.25, -0.2) is 4.72 Å². The van der Waals surface area contributed by atoms with Gasteiger partial charge in [-0.2, -0.15) is 12.7 Å². The minimum Gasteiger partial charge on any atom is -0.315 e. The molecule has 0 radical (unpaired) electrons. The molecule has 1 fully saturated rings. The second kappa shape index (κ2) is 7.43. The zero-order valence-electron chi connectivity index (χ0n) is 11.8. The Labute approximate surface area is 112 Å². The van der Waals surface area contributed by atoms with E-state index >= 15 is 0 Å². The maximum atomic E-state index is 12.1. The Morgan fingerprint density at radius 1 is 1.11 bits per heavy atom. The Balaban J connectivity index is 2.38. The van der Waals surface area contributed by atoms with E-state index in [4.69, 9.17) is 0 Å². The van der Waals surface area contributed by atoms with Crippen molar-refractivity contribution in [1.29, 1.82) is 0 Å². The molecule has 2 N–H and O–H groups in total. The molecule has 1 aliphatic heterocycles. The molecular formula is C12H27N3O2S. The van der Waals surface area contributed by atoms with Crippen LogP contribution in [0.3, 0.4) is 0 Å². The summed E-state index contributed by atoms with van der Waals surface area (Å²) >= 11 is 0. The molecule has 0 aromatic heterocycles. The van der Waals surface area contributed by atoms with Crippen molar-refractivity contribution in [3.8, 4) is 0 Å². The van der Waals surface area contributed by atoms with Gasteiger partial charge in [-0.1, -0.05) is 20.8 Å². The van der Waals surface area contributed by atoms with Crippen LogP contribution in [0.2, 0.25) is 0 Å². The third-order valence-electron chi connectivity index (χ3n) is 3.19. The topological polar surface area (TPSA) is 61.4 Å². The predicted octanol–water partition coefficient (Wildman–Crippen LogP) is 0.798. The van der Waals surface area contributed by atoms with Crippen LogP contribution in [0.25, 0.3) is 0 Å². The zero-order valence-corrected chi connectivity index (χ0v) is 12.6. The van der Waals surface area contributed by atoms with Gasteiger partial charge in [-0.15, -0.1) is 0 Å². The molecule has 1 saturated heterocycles. The molecule has 2 unspecified atom stereocenters. The first-order chi connectivity index (χ1) is 8.45. The summed E-state index contributed by atoms with van der Waals surface area (Å²) in [7, 11) is -3.29. The lowest BCUT2D eigenvalue weighted by molar-refractivity contribution is 0.220. The van der Waals surface area contributed by atoms with Crippen molar-refractivity contribution in [3.05, 3.63) is 0 Å². The van der Waals surface area contributed by atoms with Gasteiger partial charge < -0.3 is 5.32 Å². The third kappa shape index (κ3) is 5.22. The number of hydrogen-bond acceptors (Lipinski definition) is 3. The highest BCUT2D eigenvalue weighted by atomic mass is 32.2. The van der Waals surface area contributed by atoms with E-state index in [1.54, 1.807) is 4.31 Å². The fourth-order valence-electron chi connectivity index (χ4n) is 2.46. The molecule has 0 aromatic rings. The summed E-state index contributed by atoms with van der Waals surface area (Å²) < 4.78 is 28.4. The summed E-state index contributed by atoms with van der Waals surface area (Å²) in [5.41, 5.74) is 0. The smallest absolute Gasteiger partial charge is 0.279 e. The van der Waals surface area contributed by atoms with Crippen molar-refractivity contribution < 1.29 is 8.42 Å². The molecule has 1 aliphatic rings. The minimum absolute atomic E-state index is 0.448. The molecular weight excluding hydrogens is 250 g/mol. The monoisotopic (exact) mass is 277 g/mol. The molecule has 1 heterocycles. The Morgan fingerprint density at radius 2 is 1.72 bits per heavy atom. The lowest BCUT2D eigenvalue weighted by Crippen LogP contribution is -2.48. The van der Waals surface area contributed by atoms with Crippen molar-refractivity contribution in [3.63, 3.8) is 0 Å². The number of rotatable bonds is 7. The lowest BCUT2D eigenvalue weighted by Gasteiger charge is -2.33. The molecule has 1 rings (SSSR count). The van der Waals surface area contributed by atoms with Crippen LogP contribution in [0.1, 0.15) is 33.6 Å². The maximum Gasteiger partial charge on any atom is 0.279 e. The van der Waals surface area contributed by atoms with Crippen LogP contribution in [0, 0.1) is 11.8 Å². The largest absolute Gasteiger partial charge is 0.315 e. The van der Waals surface area contributed by atoms with Gasteiger partial charge in [0.05, 0.1) is 0 Å². The van der Waals surface area contributed by atoms with Crippen molar-refractivity contribution in [2.45, 2.75) is 33.6 Å². The fourth-order valence-corrected chi connectivity index (χ4v) is 3.91. The maximum absolute atomic E-state index is 12.1. The van der Waals surface area contributed by atoms with E-state index < -0.39 is 10.2 Å². The molecule has 5 nitrogen and oxygen atoms in total. The van der Waals surface area contributed by atoms with E-state index in [1.165, 1.54) is 0 Å². The standard InChI is InChI=1S/C12H27N3O2S/c1-4-5-13-6-7-14-18(16,17)15-9-11(2)8-12(3)10-15/h11-14H,4-10H2,1-3H3. The molecule has 0 spiro atoms. The summed E-state index contributed by atoms with van der Waals surface area (Å²) in [5, 5.41) is 3.18. The third-order valence-corrected chi connectivity index (χ3v) is 4.74. The van der Waals surface area contributed by atoms with Gasteiger partial charge in [-0.3, -0.25) is 0 Å². The van der Waals surface area contributed by atoms with Crippen LogP contribution < -0.4 is 10.0 Å². The van der Waals surface area contributed by atoms with Crippen molar-refractivity contribution in [2.24, 2.45) is 11.8 Å². The fraction of sp³-hybridized carbons (Fsp3) is 1.00. The Morgan fingerprint density at radius 3 is 2.28 bits per heavy atom. The van der Waals surface area contributed by atoms with Gasteiger partial charge in [0.2, 0.25) is 0 Å². The summed E-state index contributed by atoms with van der Waals surface area (Å²) in [6, 6.07) is 0. The SMILES string of the molecule is CCCNCCNS(=O)(=O)N1CC(C)CC(C)C1. The number of nitrogens with zero attached hydrogens (tertiary/aromatic N) is 1. The van der Waals surface area contributed by atoms with E-state index in [-0.39, 0.29) is 0 Å². The first-order valence-corrected chi connectivity index (χ1v) is 8.35. The van der Waals surface area contributed by atoms with E-state index in [0.29, 0.717) is 38.0 Å². The second-order valence-electron chi connectivity index (χ2n) is 5.41. The molecule has 0 aromatic carbocycles. The second-order valence-corrected chi connectivity index (χ2v) is 7.17. The van der Waals surface area contributed by atoms with Crippen LogP contribution in [0.4, 0.5) is 0 Å². The summed E-state index contributed by atoms with van der Waals surface area (Å²) in [6.07, 6.45) is 2.18. The van der Waals surface area contributed by atoms with Crippen LogP contribution >= 0.6 is 0 Å². The average Bonchev–Trinajstić information content (AvgIpc) is 2.27. The summed E-state index contributed by atoms with van der Waals surface area (Å²) in [6.45, 7) is 9.67. The van der Waals surface area contributed by atoms with Crippen LogP contribution in [-0.4, -0.2) is 45.4 Å². The quantitative estimate of drug-likeness (QED) is 0.677. The van der Waals surface area contributed by atoms with Gasteiger partial charge in [0.25, 0.3) is 10.2 Å². The van der Waals surface area contributed by atoms with Gasteiger partial charge >= 0.3 is 0 Å². The van der Waals surface area contributed by atoms with E-state index in [9.17, 15) is 8.42 Å². The average molecular weight is 277 g/mol. The van der Waals surface area contributed by atoms with Gasteiger partial charge in [0.1, 0.15) is 0 Å². The molecule has 0 amide bonds. The highest BCUT2D eigenvalue weighted by Gasteiger charge is 2.29. The van der Waals surface area contributed by atoms with Crippen molar-refractivity contribution in [2.75, 3.05) is 32.7 Å². The van der Waals surface area contributed by atoms with Gasteiger partial charge in [0, 0.05) is 26.2 Å². The predicted molar refractivity (Wildman–Crippen MR) is 74.6 cm³/mol. The first kappa shape index (κ1) is 15.9. The molecule has 6 heteroatoms. The minimum atomic E-state index is -3.29. The van der Waals surface area contributed by atoms with Crippen molar-refractivity contribution >= 4 is 10.2 Å². The first-order valence-electron chi connectivity index (χ1n) is 6.91. The highest BCUT2D eigenvalue weighted by molar-refractivity contribution is 7.87. The normalized spacial score (nSPS) is 26.4. The van der Waals surface area contributed by atoms with Crippen LogP contribution in [-0.2, 0) is 10.2 Å². The zero-order chi connectivity index (χ0) is 13.6. The summed E-state index contributed by atoms with van der Waals surface area (Å²) in [4.78, 5) is 0. The Bertz CT molecular complexity index is 322. The molecule has 0 saturated carbocycles. The molecule has 0 aliphatic carbocycles. The van der Waals surface area contributed by atoms with Gasteiger partial charge in [0.15, 0.2) is 0 Å². The molecule has 2 atom stereocenters. The molecule has 108 valence electrons. The number of hydrogen-bond donors (Lipinski definition) is 2. The van der Waals surface area contributed by atoms with E-state index in [0.717, 1.165) is 19.4 Å². The Hall–Kier alpha value is -0.170. The highest BCUT2D eigenvalue weighted by Crippen LogP contribution is 2.22. The van der Waals surface area contributed by atoms with Gasteiger partial charge in [-0.05, 0) is 31.2 Å². The van der Waals surface area contributed by atoms with Crippen LogP contribution in [0.5, 0.6) is 0 Å². The van der Waals surface area contributed by atoms with E-state index in [2.05, 4.69) is 30.8 Å². The number of piperidine rings is 1. The van der Waals surface area contributed by atoms with Crippen molar-refractivity contribution in [1.82, 2.24) is 14.3 Å². The molecule has 0 bridgehead atoms.